The number of amides is 1. The second-order valence-corrected chi connectivity index (χ2v) is 5.34. The molecule has 1 amide bonds. The van der Waals surface area contributed by atoms with Gasteiger partial charge in [-0.15, -0.1) is 0 Å². The van der Waals surface area contributed by atoms with Crippen molar-refractivity contribution in [2.45, 2.75) is 59.8 Å². The lowest BCUT2D eigenvalue weighted by Gasteiger charge is -2.25. The molecular formula is C15H32N2O. The van der Waals surface area contributed by atoms with E-state index < -0.39 is 0 Å². The fourth-order valence-electron chi connectivity index (χ4n) is 2.19. The van der Waals surface area contributed by atoms with E-state index in [-0.39, 0.29) is 0 Å². The van der Waals surface area contributed by atoms with E-state index in [9.17, 15) is 4.79 Å². The smallest absolute Gasteiger partial charge is 0.222 e. The van der Waals surface area contributed by atoms with Gasteiger partial charge in [0.2, 0.25) is 5.91 Å². The van der Waals surface area contributed by atoms with Gasteiger partial charge in [0, 0.05) is 19.5 Å². The van der Waals surface area contributed by atoms with Crippen LogP contribution in [0, 0.1) is 11.8 Å². The Kier molecular flexibility index (Phi) is 10.0. The van der Waals surface area contributed by atoms with Gasteiger partial charge in [-0.2, -0.15) is 0 Å². The van der Waals surface area contributed by atoms with Gasteiger partial charge in [0.1, 0.15) is 0 Å². The van der Waals surface area contributed by atoms with Crippen LogP contribution in [0.1, 0.15) is 59.8 Å². The third-order valence-electron chi connectivity index (χ3n) is 3.88. The van der Waals surface area contributed by atoms with Crippen LogP contribution in [0.5, 0.6) is 0 Å². The molecule has 0 saturated heterocycles. The van der Waals surface area contributed by atoms with Gasteiger partial charge in [-0.1, -0.05) is 33.6 Å². The highest BCUT2D eigenvalue weighted by molar-refractivity contribution is 5.76. The van der Waals surface area contributed by atoms with Crippen LogP contribution in [0.4, 0.5) is 0 Å². The molecule has 2 atom stereocenters. The summed E-state index contributed by atoms with van der Waals surface area (Å²) in [6.45, 7) is 11.1. The summed E-state index contributed by atoms with van der Waals surface area (Å²) in [6, 6.07) is 0. The van der Waals surface area contributed by atoms with Gasteiger partial charge in [-0.3, -0.25) is 4.79 Å². The number of carbonyl (C=O) groups is 1. The Labute approximate surface area is 113 Å². The second-order valence-electron chi connectivity index (χ2n) is 5.34. The van der Waals surface area contributed by atoms with Gasteiger partial charge >= 0.3 is 0 Å². The highest BCUT2D eigenvalue weighted by Crippen LogP contribution is 2.16. The van der Waals surface area contributed by atoms with Gasteiger partial charge in [0.05, 0.1) is 0 Å². The lowest BCUT2D eigenvalue weighted by molar-refractivity contribution is -0.131. The van der Waals surface area contributed by atoms with Crippen LogP contribution in [0.2, 0.25) is 0 Å². The monoisotopic (exact) mass is 256 g/mol. The average molecular weight is 256 g/mol. The molecule has 0 aromatic rings. The molecule has 0 bridgehead atoms. The minimum Gasteiger partial charge on any atom is -0.343 e. The third-order valence-corrected chi connectivity index (χ3v) is 3.88. The summed E-state index contributed by atoms with van der Waals surface area (Å²) in [5.74, 6) is 1.52. The van der Waals surface area contributed by atoms with Crippen molar-refractivity contribution in [2.24, 2.45) is 17.6 Å². The van der Waals surface area contributed by atoms with Gasteiger partial charge in [-0.05, 0) is 38.1 Å². The van der Waals surface area contributed by atoms with E-state index in [4.69, 9.17) is 5.73 Å². The molecule has 18 heavy (non-hydrogen) atoms. The minimum atomic E-state index is 0.313. The zero-order valence-electron chi connectivity index (χ0n) is 12.7. The van der Waals surface area contributed by atoms with Crippen molar-refractivity contribution >= 4 is 5.91 Å². The van der Waals surface area contributed by atoms with Crippen LogP contribution in [0.3, 0.4) is 0 Å². The third kappa shape index (κ3) is 7.00. The highest BCUT2D eigenvalue weighted by atomic mass is 16.2. The predicted molar refractivity (Wildman–Crippen MR) is 78.4 cm³/mol. The molecule has 2 N–H and O–H groups in total. The molecule has 108 valence electrons. The molecule has 3 nitrogen and oxygen atoms in total. The van der Waals surface area contributed by atoms with E-state index in [1.807, 2.05) is 4.90 Å². The molecule has 0 aliphatic carbocycles. The van der Waals surface area contributed by atoms with Gasteiger partial charge in [-0.25, -0.2) is 0 Å². The Hall–Kier alpha value is -0.570. The molecule has 3 heteroatoms. The van der Waals surface area contributed by atoms with Crippen molar-refractivity contribution in [3.05, 3.63) is 0 Å². The molecule has 0 radical (unpaired) electrons. The number of rotatable bonds is 10. The first-order valence-corrected chi connectivity index (χ1v) is 7.56. The van der Waals surface area contributed by atoms with Crippen molar-refractivity contribution in [1.82, 2.24) is 4.90 Å². The van der Waals surface area contributed by atoms with E-state index in [2.05, 4.69) is 27.7 Å². The van der Waals surface area contributed by atoms with Crippen LogP contribution in [0.15, 0.2) is 0 Å². The maximum atomic E-state index is 12.1. The largest absolute Gasteiger partial charge is 0.343 e. The number of carbonyl (C=O) groups excluding carboxylic acids is 1. The summed E-state index contributed by atoms with van der Waals surface area (Å²) in [5, 5.41) is 0. The Morgan fingerprint density at radius 1 is 1.17 bits per heavy atom. The zero-order chi connectivity index (χ0) is 14.0. The van der Waals surface area contributed by atoms with Gasteiger partial charge in [0.15, 0.2) is 0 Å². The molecular weight excluding hydrogens is 224 g/mol. The van der Waals surface area contributed by atoms with Crippen molar-refractivity contribution in [2.75, 3.05) is 19.6 Å². The molecule has 0 saturated carbocycles. The Morgan fingerprint density at radius 3 is 2.28 bits per heavy atom. The molecule has 0 aliphatic heterocycles. The van der Waals surface area contributed by atoms with Crippen LogP contribution in [-0.2, 0) is 4.79 Å². The maximum Gasteiger partial charge on any atom is 0.222 e. The van der Waals surface area contributed by atoms with Crippen molar-refractivity contribution in [3.63, 3.8) is 0 Å². The second kappa shape index (κ2) is 10.4. The topological polar surface area (TPSA) is 46.3 Å². The highest BCUT2D eigenvalue weighted by Gasteiger charge is 2.15. The van der Waals surface area contributed by atoms with E-state index in [1.54, 1.807) is 0 Å². The molecule has 0 rings (SSSR count). The molecule has 0 aromatic carbocycles. The van der Waals surface area contributed by atoms with Crippen LogP contribution in [-0.4, -0.2) is 30.4 Å². The Bertz CT molecular complexity index is 219. The van der Waals surface area contributed by atoms with Crippen molar-refractivity contribution in [1.29, 1.82) is 0 Å². The van der Waals surface area contributed by atoms with Crippen LogP contribution >= 0.6 is 0 Å². The summed E-state index contributed by atoms with van der Waals surface area (Å²) in [5.41, 5.74) is 5.59. The van der Waals surface area contributed by atoms with E-state index >= 15 is 0 Å². The molecule has 0 aromatic heterocycles. The number of hydrogen-bond acceptors (Lipinski definition) is 2. The van der Waals surface area contributed by atoms with Crippen molar-refractivity contribution < 1.29 is 4.79 Å². The van der Waals surface area contributed by atoms with Gasteiger partial charge < -0.3 is 10.6 Å². The quantitative estimate of drug-likeness (QED) is 0.653. The Balaban J connectivity index is 4.10. The van der Waals surface area contributed by atoms with Crippen LogP contribution in [0.25, 0.3) is 0 Å². The lowest BCUT2D eigenvalue weighted by atomic mass is 9.96. The molecule has 0 fully saturated rings. The summed E-state index contributed by atoms with van der Waals surface area (Å²) in [7, 11) is 0. The molecule has 0 spiro atoms. The van der Waals surface area contributed by atoms with Crippen molar-refractivity contribution in [3.8, 4) is 0 Å². The SMILES string of the molecule is CCC(C)CN(CC)C(=O)CCC(CC)CCN. The maximum absolute atomic E-state index is 12.1. The first-order chi connectivity index (χ1) is 8.58. The molecule has 0 heterocycles. The number of hydrogen-bond donors (Lipinski definition) is 1. The summed E-state index contributed by atoms with van der Waals surface area (Å²) in [6.07, 6.45) is 4.98. The van der Waals surface area contributed by atoms with Crippen LogP contribution < -0.4 is 5.73 Å². The average Bonchev–Trinajstić information content (AvgIpc) is 2.39. The van der Waals surface area contributed by atoms with E-state index in [0.29, 0.717) is 24.2 Å². The molecule has 0 aliphatic rings. The standard InChI is InChI=1S/C15H32N2O/c1-5-13(4)12-17(7-3)15(18)9-8-14(6-2)10-11-16/h13-14H,5-12,16H2,1-4H3. The zero-order valence-corrected chi connectivity index (χ0v) is 12.7. The first-order valence-electron chi connectivity index (χ1n) is 7.56. The molecule has 2 unspecified atom stereocenters. The van der Waals surface area contributed by atoms with E-state index in [1.165, 1.54) is 0 Å². The van der Waals surface area contributed by atoms with Gasteiger partial charge in [0.25, 0.3) is 0 Å². The normalized spacial score (nSPS) is 14.3. The predicted octanol–water partition coefficient (Wildman–Crippen LogP) is 3.04. The van der Waals surface area contributed by atoms with E-state index in [0.717, 1.165) is 45.3 Å². The summed E-state index contributed by atoms with van der Waals surface area (Å²) < 4.78 is 0. The Morgan fingerprint density at radius 2 is 1.83 bits per heavy atom. The lowest BCUT2D eigenvalue weighted by Crippen LogP contribution is -2.34. The number of nitrogens with zero attached hydrogens (tertiary/aromatic N) is 1. The first kappa shape index (κ1) is 17.4. The number of nitrogens with two attached hydrogens (primary N) is 1. The fraction of sp³-hybridized carbons (Fsp3) is 0.933. The fourth-order valence-corrected chi connectivity index (χ4v) is 2.19. The summed E-state index contributed by atoms with van der Waals surface area (Å²) in [4.78, 5) is 14.1. The summed E-state index contributed by atoms with van der Waals surface area (Å²) >= 11 is 0. The minimum absolute atomic E-state index is 0.313.